The Morgan fingerprint density at radius 2 is 2.04 bits per heavy atom. The zero-order chi connectivity index (χ0) is 16.4. The van der Waals surface area contributed by atoms with E-state index in [1.807, 2.05) is 0 Å². The lowest BCUT2D eigenvalue weighted by atomic mass is 9.95. The molecule has 7 heteroatoms. The predicted octanol–water partition coefficient (Wildman–Crippen LogP) is 4.27. The second kappa shape index (κ2) is 6.64. The number of hydrogen-bond donors (Lipinski definition) is 3. The summed E-state index contributed by atoms with van der Waals surface area (Å²) in [5.74, 6) is -1.31. The number of rotatable bonds is 3. The highest BCUT2D eigenvalue weighted by Crippen LogP contribution is 2.38. The van der Waals surface area contributed by atoms with Crippen LogP contribution in [0.25, 0.3) is 0 Å². The third-order valence-corrected chi connectivity index (χ3v) is 5.11. The number of halogens is 1. The molecule has 1 aromatic heterocycles. The van der Waals surface area contributed by atoms with Crippen LogP contribution >= 0.6 is 23.6 Å². The molecule has 0 unspecified atom stereocenters. The first-order valence-corrected chi connectivity index (χ1v) is 8.48. The number of carbonyl (C=O) groups is 1. The van der Waals surface area contributed by atoms with E-state index in [1.54, 1.807) is 12.1 Å². The molecule has 120 valence electrons. The maximum atomic E-state index is 13.2. The van der Waals surface area contributed by atoms with E-state index in [4.69, 9.17) is 12.2 Å². The highest BCUT2D eigenvalue weighted by atomic mass is 32.1. The van der Waals surface area contributed by atoms with Crippen molar-refractivity contribution in [1.82, 2.24) is 0 Å². The van der Waals surface area contributed by atoms with Gasteiger partial charge in [-0.25, -0.2) is 9.18 Å². The van der Waals surface area contributed by atoms with E-state index in [0.717, 1.165) is 36.1 Å². The number of fused-ring (bicyclic) bond motifs is 1. The van der Waals surface area contributed by atoms with Crippen molar-refractivity contribution in [3.63, 3.8) is 0 Å². The van der Waals surface area contributed by atoms with Crippen LogP contribution in [0.5, 0.6) is 0 Å². The number of anilines is 2. The second-order valence-electron chi connectivity index (χ2n) is 5.31. The normalized spacial score (nSPS) is 13.3. The molecular formula is C16H15FN2O2S2. The van der Waals surface area contributed by atoms with Gasteiger partial charge in [-0.15, -0.1) is 11.3 Å². The molecule has 1 aliphatic carbocycles. The number of thiocarbonyl (C=S) groups is 1. The van der Waals surface area contributed by atoms with Crippen molar-refractivity contribution in [2.24, 2.45) is 0 Å². The van der Waals surface area contributed by atoms with Crippen LogP contribution in [0.2, 0.25) is 0 Å². The molecule has 0 aliphatic heterocycles. The molecule has 23 heavy (non-hydrogen) atoms. The highest BCUT2D eigenvalue weighted by molar-refractivity contribution is 7.80. The van der Waals surface area contributed by atoms with Gasteiger partial charge in [-0.2, -0.15) is 0 Å². The number of carboxylic acid groups (broad SMARTS) is 1. The van der Waals surface area contributed by atoms with Gasteiger partial charge in [-0.3, -0.25) is 0 Å². The number of aromatic carboxylic acids is 1. The molecule has 2 aromatic rings. The SMILES string of the molecule is O=C(O)c1c(NC(=S)Nc2cccc(F)c2)sc2c1CCCC2. The smallest absolute Gasteiger partial charge is 0.339 e. The van der Waals surface area contributed by atoms with Crippen molar-refractivity contribution < 1.29 is 14.3 Å². The Labute approximate surface area is 142 Å². The quantitative estimate of drug-likeness (QED) is 0.722. The monoisotopic (exact) mass is 350 g/mol. The maximum Gasteiger partial charge on any atom is 0.339 e. The molecule has 4 nitrogen and oxygen atoms in total. The Bertz CT molecular complexity index is 773. The molecule has 0 atom stereocenters. The third kappa shape index (κ3) is 3.51. The predicted molar refractivity (Wildman–Crippen MR) is 94.2 cm³/mol. The molecule has 0 spiro atoms. The Balaban J connectivity index is 1.81. The first-order chi connectivity index (χ1) is 11.0. The summed E-state index contributed by atoms with van der Waals surface area (Å²) < 4.78 is 13.2. The fraction of sp³-hybridized carbons (Fsp3) is 0.250. The molecule has 3 N–H and O–H groups in total. The Hall–Kier alpha value is -1.99. The van der Waals surface area contributed by atoms with Gasteiger partial charge in [0.05, 0.1) is 5.56 Å². The summed E-state index contributed by atoms with van der Waals surface area (Å²) in [5.41, 5.74) is 1.75. The van der Waals surface area contributed by atoms with Gasteiger partial charge in [0.15, 0.2) is 5.11 Å². The number of benzene rings is 1. The van der Waals surface area contributed by atoms with E-state index in [0.29, 0.717) is 16.3 Å². The van der Waals surface area contributed by atoms with E-state index < -0.39 is 5.97 Å². The number of hydrogen-bond acceptors (Lipinski definition) is 3. The Morgan fingerprint density at radius 3 is 2.78 bits per heavy atom. The molecule has 3 rings (SSSR count). The van der Waals surface area contributed by atoms with Gasteiger partial charge in [0.1, 0.15) is 10.8 Å². The summed E-state index contributed by atoms with van der Waals surface area (Å²) in [4.78, 5) is 12.7. The summed E-state index contributed by atoms with van der Waals surface area (Å²) in [6.45, 7) is 0. The average molecular weight is 350 g/mol. The van der Waals surface area contributed by atoms with Crippen molar-refractivity contribution in [3.05, 3.63) is 46.1 Å². The molecule has 0 saturated carbocycles. The standard InChI is InChI=1S/C16H15FN2O2S2/c17-9-4-3-5-10(8-9)18-16(22)19-14-13(15(20)21)11-6-1-2-7-12(11)23-14/h3-5,8H,1-2,6-7H2,(H,20,21)(H2,18,19,22). The van der Waals surface area contributed by atoms with Gasteiger partial charge in [-0.1, -0.05) is 6.07 Å². The summed E-state index contributed by atoms with van der Waals surface area (Å²) in [5, 5.41) is 16.1. The summed E-state index contributed by atoms with van der Waals surface area (Å²) in [6.07, 6.45) is 3.79. The van der Waals surface area contributed by atoms with Gasteiger partial charge in [0, 0.05) is 10.6 Å². The number of carboxylic acids is 1. The molecule has 0 amide bonds. The second-order valence-corrected chi connectivity index (χ2v) is 6.82. The minimum Gasteiger partial charge on any atom is -0.478 e. The lowest BCUT2D eigenvalue weighted by Crippen LogP contribution is -2.20. The van der Waals surface area contributed by atoms with Crippen molar-refractivity contribution >= 4 is 45.3 Å². The van der Waals surface area contributed by atoms with Crippen molar-refractivity contribution in [2.75, 3.05) is 10.6 Å². The highest BCUT2D eigenvalue weighted by Gasteiger charge is 2.25. The minimum absolute atomic E-state index is 0.247. The summed E-state index contributed by atoms with van der Waals surface area (Å²) in [7, 11) is 0. The lowest BCUT2D eigenvalue weighted by molar-refractivity contribution is 0.0697. The van der Waals surface area contributed by atoms with Crippen LogP contribution in [0.1, 0.15) is 33.6 Å². The van der Waals surface area contributed by atoms with Crippen LogP contribution in [0, 0.1) is 5.82 Å². The zero-order valence-corrected chi connectivity index (χ0v) is 13.8. The molecule has 1 aromatic carbocycles. The first kappa shape index (κ1) is 15.9. The Morgan fingerprint density at radius 1 is 1.26 bits per heavy atom. The van der Waals surface area contributed by atoms with Crippen LogP contribution in [-0.4, -0.2) is 16.2 Å². The number of aryl methyl sites for hydroxylation is 1. The third-order valence-electron chi connectivity index (χ3n) is 3.69. The first-order valence-electron chi connectivity index (χ1n) is 7.26. The lowest BCUT2D eigenvalue weighted by Gasteiger charge is -2.11. The molecular weight excluding hydrogens is 335 g/mol. The Kier molecular flexibility index (Phi) is 4.58. The van der Waals surface area contributed by atoms with E-state index in [-0.39, 0.29) is 10.9 Å². The van der Waals surface area contributed by atoms with Gasteiger partial charge in [-0.05, 0) is 61.7 Å². The summed E-state index contributed by atoms with van der Waals surface area (Å²) in [6, 6.07) is 5.93. The van der Waals surface area contributed by atoms with E-state index in [2.05, 4.69) is 10.6 Å². The largest absolute Gasteiger partial charge is 0.478 e. The number of thiophene rings is 1. The molecule has 0 radical (unpaired) electrons. The number of nitrogens with one attached hydrogen (secondary N) is 2. The van der Waals surface area contributed by atoms with Crippen LogP contribution in [0.3, 0.4) is 0 Å². The van der Waals surface area contributed by atoms with Crippen LogP contribution in [0.15, 0.2) is 24.3 Å². The molecule has 1 aliphatic rings. The van der Waals surface area contributed by atoms with Crippen molar-refractivity contribution in [3.8, 4) is 0 Å². The van der Waals surface area contributed by atoms with Gasteiger partial charge in [0.25, 0.3) is 0 Å². The van der Waals surface area contributed by atoms with Crippen LogP contribution in [-0.2, 0) is 12.8 Å². The molecule has 0 saturated heterocycles. The van der Waals surface area contributed by atoms with Crippen LogP contribution < -0.4 is 10.6 Å². The van der Waals surface area contributed by atoms with Gasteiger partial charge in [0.2, 0.25) is 0 Å². The molecule has 0 fully saturated rings. The fourth-order valence-electron chi connectivity index (χ4n) is 2.71. The topological polar surface area (TPSA) is 61.4 Å². The minimum atomic E-state index is -0.944. The molecule has 1 heterocycles. The van der Waals surface area contributed by atoms with Crippen molar-refractivity contribution in [2.45, 2.75) is 25.7 Å². The average Bonchev–Trinajstić information content (AvgIpc) is 2.84. The summed E-state index contributed by atoms with van der Waals surface area (Å²) >= 11 is 6.66. The van der Waals surface area contributed by atoms with Crippen molar-refractivity contribution in [1.29, 1.82) is 0 Å². The van der Waals surface area contributed by atoms with E-state index in [1.165, 1.54) is 23.5 Å². The van der Waals surface area contributed by atoms with Crippen LogP contribution in [0.4, 0.5) is 15.1 Å². The van der Waals surface area contributed by atoms with Gasteiger partial charge >= 0.3 is 5.97 Å². The van der Waals surface area contributed by atoms with Gasteiger partial charge < -0.3 is 15.7 Å². The van der Waals surface area contributed by atoms with E-state index >= 15 is 0 Å². The molecule has 0 bridgehead atoms. The van der Waals surface area contributed by atoms with E-state index in [9.17, 15) is 14.3 Å². The maximum absolute atomic E-state index is 13.2. The zero-order valence-electron chi connectivity index (χ0n) is 12.2. The fourth-order valence-corrected chi connectivity index (χ4v) is 4.28.